The molecule has 2 nitrogen and oxygen atoms in total. The Morgan fingerprint density at radius 3 is 2.74 bits per heavy atom. The number of hydrogen-bond donors (Lipinski definition) is 1. The van der Waals surface area contributed by atoms with E-state index in [4.69, 9.17) is 11.6 Å². The molecule has 0 aliphatic carbocycles. The first kappa shape index (κ1) is 12.0. The minimum absolute atomic E-state index is 0.731. The van der Waals surface area contributed by atoms with Crippen LogP contribution in [0.1, 0.15) is 5.56 Å². The van der Waals surface area contributed by atoms with Gasteiger partial charge in [0.1, 0.15) is 0 Å². The zero-order valence-electron chi connectivity index (χ0n) is 10.3. The van der Waals surface area contributed by atoms with Crippen LogP contribution in [0.2, 0.25) is 5.02 Å². The van der Waals surface area contributed by atoms with E-state index in [0.717, 1.165) is 28.2 Å². The van der Waals surface area contributed by atoms with Crippen molar-refractivity contribution in [1.82, 2.24) is 4.98 Å². The van der Waals surface area contributed by atoms with Crippen LogP contribution < -0.4 is 5.32 Å². The van der Waals surface area contributed by atoms with E-state index in [0.29, 0.717) is 0 Å². The Morgan fingerprint density at radius 2 is 1.84 bits per heavy atom. The van der Waals surface area contributed by atoms with Gasteiger partial charge in [-0.25, -0.2) is 0 Å². The van der Waals surface area contributed by atoms with Crippen molar-refractivity contribution in [3.63, 3.8) is 0 Å². The molecule has 2 aromatic carbocycles. The topological polar surface area (TPSA) is 24.9 Å². The average molecular weight is 269 g/mol. The molecule has 3 rings (SSSR count). The molecule has 0 aliphatic heterocycles. The molecule has 0 bridgehead atoms. The molecule has 19 heavy (non-hydrogen) atoms. The standard InChI is InChI=1S/C16H13ClN2/c17-14-7-2-8-15(10-14)19-11-13-5-1-4-12-6-3-9-18-16(12)13/h1-10,19H,11H2. The lowest BCUT2D eigenvalue weighted by atomic mass is 10.1. The van der Waals surface area contributed by atoms with E-state index in [1.165, 1.54) is 5.56 Å². The first-order valence-electron chi connectivity index (χ1n) is 6.15. The van der Waals surface area contributed by atoms with Crippen molar-refractivity contribution in [2.24, 2.45) is 0 Å². The molecular weight excluding hydrogens is 256 g/mol. The fourth-order valence-electron chi connectivity index (χ4n) is 2.11. The molecule has 94 valence electrons. The fourth-order valence-corrected chi connectivity index (χ4v) is 2.30. The van der Waals surface area contributed by atoms with Gasteiger partial charge in [0.25, 0.3) is 0 Å². The summed E-state index contributed by atoms with van der Waals surface area (Å²) in [6, 6.07) is 18.0. The summed E-state index contributed by atoms with van der Waals surface area (Å²) in [5, 5.41) is 5.27. The van der Waals surface area contributed by atoms with Gasteiger partial charge in [-0.2, -0.15) is 0 Å². The van der Waals surface area contributed by atoms with E-state index >= 15 is 0 Å². The number of nitrogens with one attached hydrogen (secondary N) is 1. The zero-order valence-corrected chi connectivity index (χ0v) is 11.1. The maximum absolute atomic E-state index is 5.97. The molecule has 0 fully saturated rings. The molecule has 3 heteroatoms. The molecule has 1 heterocycles. The lowest BCUT2D eigenvalue weighted by molar-refractivity contribution is 1.15. The van der Waals surface area contributed by atoms with Gasteiger partial charge in [0.05, 0.1) is 5.52 Å². The lowest BCUT2D eigenvalue weighted by Gasteiger charge is -2.09. The van der Waals surface area contributed by atoms with E-state index in [9.17, 15) is 0 Å². The molecule has 3 aromatic rings. The van der Waals surface area contributed by atoms with Crippen LogP contribution in [0.5, 0.6) is 0 Å². The number of anilines is 1. The summed E-state index contributed by atoms with van der Waals surface area (Å²) in [6.45, 7) is 0.731. The number of benzene rings is 2. The summed E-state index contributed by atoms with van der Waals surface area (Å²) < 4.78 is 0. The smallest absolute Gasteiger partial charge is 0.0751 e. The summed E-state index contributed by atoms with van der Waals surface area (Å²) in [6.07, 6.45) is 1.82. The van der Waals surface area contributed by atoms with Crippen LogP contribution in [0.15, 0.2) is 60.8 Å². The van der Waals surface area contributed by atoms with Crippen LogP contribution in [0, 0.1) is 0 Å². The minimum atomic E-state index is 0.731. The van der Waals surface area contributed by atoms with Crippen molar-refractivity contribution < 1.29 is 0 Å². The Morgan fingerprint density at radius 1 is 1.00 bits per heavy atom. The van der Waals surface area contributed by atoms with Crippen molar-refractivity contribution in [3.05, 3.63) is 71.4 Å². The summed E-state index contributed by atoms with van der Waals surface area (Å²) in [5.41, 5.74) is 3.23. The van der Waals surface area contributed by atoms with E-state index in [-0.39, 0.29) is 0 Å². The van der Waals surface area contributed by atoms with E-state index < -0.39 is 0 Å². The summed E-state index contributed by atoms with van der Waals surface area (Å²) in [7, 11) is 0. The van der Waals surface area contributed by atoms with Crippen LogP contribution in [0.25, 0.3) is 10.9 Å². The Hall–Kier alpha value is -2.06. The third-order valence-electron chi connectivity index (χ3n) is 3.02. The fraction of sp³-hybridized carbons (Fsp3) is 0.0625. The van der Waals surface area contributed by atoms with Crippen LogP contribution in [-0.4, -0.2) is 4.98 Å². The first-order valence-corrected chi connectivity index (χ1v) is 6.53. The van der Waals surface area contributed by atoms with Gasteiger partial charge in [0.2, 0.25) is 0 Å². The summed E-state index contributed by atoms with van der Waals surface area (Å²) in [5.74, 6) is 0. The molecule has 0 unspecified atom stereocenters. The summed E-state index contributed by atoms with van der Waals surface area (Å²) >= 11 is 5.97. The molecule has 0 amide bonds. The molecule has 1 N–H and O–H groups in total. The lowest BCUT2D eigenvalue weighted by Crippen LogP contribution is -2.00. The van der Waals surface area contributed by atoms with Crippen LogP contribution >= 0.6 is 11.6 Å². The highest BCUT2D eigenvalue weighted by Gasteiger charge is 2.01. The summed E-state index contributed by atoms with van der Waals surface area (Å²) in [4.78, 5) is 4.44. The molecule has 0 radical (unpaired) electrons. The minimum Gasteiger partial charge on any atom is -0.381 e. The highest BCUT2D eigenvalue weighted by Crippen LogP contribution is 2.19. The number of para-hydroxylation sites is 1. The SMILES string of the molecule is Clc1cccc(NCc2cccc3cccnc23)c1. The van der Waals surface area contributed by atoms with Gasteiger partial charge in [0.15, 0.2) is 0 Å². The Kier molecular flexibility index (Phi) is 3.34. The second kappa shape index (κ2) is 5.29. The maximum Gasteiger partial charge on any atom is 0.0751 e. The largest absolute Gasteiger partial charge is 0.381 e. The van der Waals surface area contributed by atoms with Crippen molar-refractivity contribution in [2.75, 3.05) is 5.32 Å². The molecule has 0 spiro atoms. The number of hydrogen-bond acceptors (Lipinski definition) is 2. The van der Waals surface area contributed by atoms with E-state index in [1.54, 1.807) is 0 Å². The second-order valence-electron chi connectivity index (χ2n) is 4.36. The van der Waals surface area contributed by atoms with Crippen LogP contribution in [-0.2, 0) is 6.54 Å². The van der Waals surface area contributed by atoms with E-state index in [1.807, 2.05) is 36.5 Å². The Bertz CT molecular complexity index is 704. The third-order valence-corrected chi connectivity index (χ3v) is 3.26. The highest BCUT2D eigenvalue weighted by molar-refractivity contribution is 6.30. The zero-order chi connectivity index (χ0) is 13.1. The molecule has 0 saturated carbocycles. The predicted octanol–water partition coefficient (Wildman–Crippen LogP) is 4.50. The predicted molar refractivity (Wildman–Crippen MR) is 80.5 cm³/mol. The Balaban J connectivity index is 1.86. The number of pyridine rings is 1. The number of fused-ring (bicyclic) bond motifs is 1. The number of halogens is 1. The number of rotatable bonds is 3. The second-order valence-corrected chi connectivity index (χ2v) is 4.79. The van der Waals surface area contributed by atoms with Gasteiger partial charge in [-0.1, -0.05) is 41.9 Å². The highest BCUT2D eigenvalue weighted by atomic mass is 35.5. The van der Waals surface area contributed by atoms with Crippen LogP contribution in [0.4, 0.5) is 5.69 Å². The van der Waals surface area contributed by atoms with Gasteiger partial charge in [0, 0.05) is 28.8 Å². The Labute approximate surface area is 117 Å². The molecule has 0 atom stereocenters. The quantitative estimate of drug-likeness (QED) is 0.756. The molecule has 0 aliphatic rings. The van der Waals surface area contributed by atoms with Crippen molar-refractivity contribution in [2.45, 2.75) is 6.54 Å². The van der Waals surface area contributed by atoms with Crippen molar-refractivity contribution in [3.8, 4) is 0 Å². The number of aromatic nitrogens is 1. The van der Waals surface area contributed by atoms with Crippen molar-refractivity contribution >= 4 is 28.2 Å². The normalized spacial score (nSPS) is 10.6. The molecule has 1 aromatic heterocycles. The van der Waals surface area contributed by atoms with Gasteiger partial charge >= 0.3 is 0 Å². The first-order chi connectivity index (χ1) is 9.33. The van der Waals surface area contributed by atoms with Gasteiger partial charge in [-0.3, -0.25) is 4.98 Å². The monoisotopic (exact) mass is 268 g/mol. The van der Waals surface area contributed by atoms with Gasteiger partial charge in [-0.15, -0.1) is 0 Å². The van der Waals surface area contributed by atoms with E-state index in [2.05, 4.69) is 34.6 Å². The molecule has 0 saturated heterocycles. The van der Waals surface area contributed by atoms with Crippen LogP contribution in [0.3, 0.4) is 0 Å². The maximum atomic E-state index is 5.97. The molecular formula is C16H13ClN2. The average Bonchev–Trinajstić information content (AvgIpc) is 2.45. The number of nitrogens with zero attached hydrogens (tertiary/aromatic N) is 1. The van der Waals surface area contributed by atoms with Gasteiger partial charge < -0.3 is 5.32 Å². The van der Waals surface area contributed by atoms with Crippen molar-refractivity contribution in [1.29, 1.82) is 0 Å². The third kappa shape index (κ3) is 2.69. The van der Waals surface area contributed by atoms with Gasteiger partial charge in [-0.05, 0) is 29.8 Å².